The maximum absolute atomic E-state index is 2.50. The van der Waals surface area contributed by atoms with Crippen LogP contribution in [0.1, 0.15) is 0 Å². The van der Waals surface area contributed by atoms with Gasteiger partial charge in [-0.15, -0.1) is 11.3 Å². The fraction of sp³-hybridized carbons (Fsp3) is 0. The number of hydrogen-bond acceptors (Lipinski definition) is 3. The third kappa shape index (κ3) is 5.34. The van der Waals surface area contributed by atoms with Crippen molar-refractivity contribution in [2.45, 2.75) is 0 Å². The molecular formula is C58H36N2S. The molecule has 11 aromatic carbocycles. The Bertz CT molecular complexity index is 3740. The molecule has 0 bridgehead atoms. The van der Waals surface area contributed by atoms with Gasteiger partial charge in [-0.05, 0) is 121 Å². The molecule has 0 amide bonds. The van der Waals surface area contributed by atoms with E-state index in [-0.39, 0.29) is 0 Å². The summed E-state index contributed by atoms with van der Waals surface area (Å²) in [5, 5.41) is 12.6. The molecule has 2 heterocycles. The normalized spacial score (nSPS) is 12.5. The SMILES string of the molecule is c1cc(-c2cccc3ccccc23)cc(N2c3cc(-c4ccc5sc6ccc7ccccc7c6c5c4)ccc3N(c3cccc4ccccc34)c3cc4ccccc4cc32)c1. The molecule has 12 aromatic rings. The van der Waals surface area contributed by atoms with Crippen LogP contribution in [-0.4, -0.2) is 0 Å². The van der Waals surface area contributed by atoms with Crippen LogP contribution in [0.2, 0.25) is 0 Å². The molecule has 1 aliphatic rings. The molecule has 0 radical (unpaired) electrons. The summed E-state index contributed by atoms with van der Waals surface area (Å²) >= 11 is 1.88. The van der Waals surface area contributed by atoms with Crippen LogP contribution in [-0.2, 0) is 0 Å². The van der Waals surface area contributed by atoms with Gasteiger partial charge in [0, 0.05) is 31.2 Å². The first kappa shape index (κ1) is 34.2. The predicted octanol–water partition coefficient (Wildman–Crippen LogP) is 17.3. The second-order valence-electron chi connectivity index (χ2n) is 16.1. The number of anilines is 6. The first-order valence-electron chi connectivity index (χ1n) is 20.9. The Balaban J connectivity index is 1.08. The van der Waals surface area contributed by atoms with Gasteiger partial charge in [0.25, 0.3) is 0 Å². The first-order valence-corrected chi connectivity index (χ1v) is 21.7. The Morgan fingerprint density at radius 3 is 1.66 bits per heavy atom. The van der Waals surface area contributed by atoms with Crippen molar-refractivity contribution >= 4 is 109 Å². The van der Waals surface area contributed by atoms with E-state index in [4.69, 9.17) is 0 Å². The molecule has 0 unspecified atom stereocenters. The molecule has 61 heavy (non-hydrogen) atoms. The Kier molecular flexibility index (Phi) is 7.51. The number of benzene rings is 11. The van der Waals surface area contributed by atoms with Crippen molar-refractivity contribution in [1.82, 2.24) is 0 Å². The molecule has 2 nitrogen and oxygen atoms in total. The van der Waals surface area contributed by atoms with Crippen LogP contribution in [0.25, 0.3) is 85.5 Å². The van der Waals surface area contributed by atoms with Crippen molar-refractivity contribution in [1.29, 1.82) is 0 Å². The lowest BCUT2D eigenvalue weighted by Crippen LogP contribution is -2.24. The monoisotopic (exact) mass is 792 g/mol. The molecule has 284 valence electrons. The van der Waals surface area contributed by atoms with E-state index in [1.165, 1.54) is 85.5 Å². The lowest BCUT2D eigenvalue weighted by atomic mass is 9.95. The topological polar surface area (TPSA) is 6.48 Å². The zero-order valence-electron chi connectivity index (χ0n) is 33.1. The Morgan fingerprint density at radius 2 is 0.852 bits per heavy atom. The second-order valence-corrected chi connectivity index (χ2v) is 17.2. The summed E-state index contributed by atoms with van der Waals surface area (Å²) in [6.45, 7) is 0. The molecule has 13 rings (SSSR count). The van der Waals surface area contributed by atoms with Gasteiger partial charge in [0.2, 0.25) is 0 Å². The van der Waals surface area contributed by atoms with E-state index in [2.05, 4.69) is 228 Å². The summed E-state index contributed by atoms with van der Waals surface area (Å²) in [6, 6.07) is 80.8. The van der Waals surface area contributed by atoms with Crippen LogP contribution < -0.4 is 9.80 Å². The zero-order chi connectivity index (χ0) is 40.0. The van der Waals surface area contributed by atoms with Gasteiger partial charge in [0.15, 0.2) is 0 Å². The zero-order valence-corrected chi connectivity index (χ0v) is 33.9. The average Bonchev–Trinajstić information content (AvgIpc) is 3.71. The molecule has 0 atom stereocenters. The van der Waals surface area contributed by atoms with Gasteiger partial charge >= 0.3 is 0 Å². The van der Waals surface area contributed by atoms with E-state index in [0.29, 0.717) is 0 Å². The minimum atomic E-state index is 1.11. The highest BCUT2D eigenvalue weighted by Crippen LogP contribution is 2.57. The smallest absolute Gasteiger partial charge is 0.0710 e. The van der Waals surface area contributed by atoms with E-state index < -0.39 is 0 Å². The third-order valence-electron chi connectivity index (χ3n) is 12.7. The van der Waals surface area contributed by atoms with Crippen molar-refractivity contribution < 1.29 is 0 Å². The van der Waals surface area contributed by atoms with Crippen LogP contribution in [0.3, 0.4) is 0 Å². The summed E-state index contributed by atoms with van der Waals surface area (Å²) in [6.07, 6.45) is 0. The Labute approximate surface area is 357 Å². The highest BCUT2D eigenvalue weighted by Gasteiger charge is 2.32. The molecule has 1 aliphatic heterocycles. The maximum atomic E-state index is 2.50. The van der Waals surface area contributed by atoms with Crippen LogP contribution in [0, 0.1) is 0 Å². The van der Waals surface area contributed by atoms with Crippen molar-refractivity contribution in [2.24, 2.45) is 0 Å². The highest BCUT2D eigenvalue weighted by molar-refractivity contribution is 7.26. The Morgan fingerprint density at radius 1 is 0.279 bits per heavy atom. The minimum Gasteiger partial charge on any atom is -0.306 e. The maximum Gasteiger partial charge on any atom is 0.0710 e. The molecule has 0 spiro atoms. The molecular weight excluding hydrogens is 757 g/mol. The summed E-state index contributed by atoms with van der Waals surface area (Å²) in [5.41, 5.74) is 11.6. The van der Waals surface area contributed by atoms with E-state index in [1.807, 2.05) is 11.3 Å². The van der Waals surface area contributed by atoms with Crippen molar-refractivity contribution in [3.05, 3.63) is 218 Å². The number of thiophene rings is 1. The fourth-order valence-electron chi connectivity index (χ4n) is 9.86. The van der Waals surface area contributed by atoms with Crippen LogP contribution in [0.5, 0.6) is 0 Å². The summed E-state index contributed by atoms with van der Waals surface area (Å²) in [7, 11) is 0. The van der Waals surface area contributed by atoms with E-state index >= 15 is 0 Å². The highest BCUT2D eigenvalue weighted by atomic mass is 32.1. The van der Waals surface area contributed by atoms with Gasteiger partial charge in [0.05, 0.1) is 28.4 Å². The number of nitrogens with zero attached hydrogens (tertiary/aromatic N) is 2. The second kappa shape index (κ2) is 13.4. The van der Waals surface area contributed by atoms with Gasteiger partial charge in [-0.25, -0.2) is 0 Å². The molecule has 0 saturated carbocycles. The van der Waals surface area contributed by atoms with Gasteiger partial charge in [-0.3, -0.25) is 0 Å². The average molecular weight is 793 g/mol. The van der Waals surface area contributed by atoms with E-state index in [9.17, 15) is 0 Å². The molecule has 0 aliphatic carbocycles. The predicted molar refractivity (Wildman–Crippen MR) is 263 cm³/mol. The van der Waals surface area contributed by atoms with Crippen molar-refractivity contribution in [2.75, 3.05) is 9.80 Å². The molecule has 1 aromatic heterocycles. The molecule has 0 fully saturated rings. The molecule has 0 saturated heterocycles. The quantitative estimate of drug-likeness (QED) is 0.175. The lowest BCUT2D eigenvalue weighted by Gasteiger charge is -2.41. The summed E-state index contributed by atoms with van der Waals surface area (Å²) < 4.78 is 2.63. The van der Waals surface area contributed by atoms with Crippen molar-refractivity contribution in [3.63, 3.8) is 0 Å². The van der Waals surface area contributed by atoms with Crippen LogP contribution in [0.15, 0.2) is 218 Å². The fourth-order valence-corrected chi connectivity index (χ4v) is 11.0. The van der Waals surface area contributed by atoms with E-state index in [1.54, 1.807) is 0 Å². The standard InChI is InChI=1S/C58H36N2S/c1-2-16-41-35-55-54(34-40(41)15-1)59(45-20-9-19-44(32-45)47-24-10-17-37-12-3-6-21-46(37)47)53-36-43(26-29-52(53)60(55)51-25-11-18-38-13-4-7-22-48(38)51)42-28-30-56-50(33-42)58-49-23-8-5-14-39(49)27-31-57(58)61-56/h1-36H. The summed E-state index contributed by atoms with van der Waals surface area (Å²) in [4.78, 5) is 5.00. The van der Waals surface area contributed by atoms with Gasteiger partial charge in [-0.1, -0.05) is 158 Å². The third-order valence-corrected chi connectivity index (χ3v) is 13.8. The van der Waals surface area contributed by atoms with Gasteiger partial charge < -0.3 is 9.80 Å². The van der Waals surface area contributed by atoms with Crippen molar-refractivity contribution in [3.8, 4) is 22.3 Å². The van der Waals surface area contributed by atoms with Gasteiger partial charge in [-0.2, -0.15) is 0 Å². The number of rotatable bonds is 4. The van der Waals surface area contributed by atoms with Crippen LogP contribution >= 0.6 is 11.3 Å². The summed E-state index contributed by atoms with van der Waals surface area (Å²) in [5.74, 6) is 0. The van der Waals surface area contributed by atoms with E-state index in [0.717, 1.165) is 34.1 Å². The Hall–Kier alpha value is -7.72. The largest absolute Gasteiger partial charge is 0.306 e. The molecule has 3 heteroatoms. The minimum absolute atomic E-state index is 1.11. The number of hydrogen-bond donors (Lipinski definition) is 0. The lowest BCUT2D eigenvalue weighted by molar-refractivity contribution is 1.18. The molecule has 0 N–H and O–H groups in total. The number of fused-ring (bicyclic) bond motifs is 10. The van der Waals surface area contributed by atoms with Crippen LogP contribution in [0.4, 0.5) is 34.1 Å². The van der Waals surface area contributed by atoms with Gasteiger partial charge in [0.1, 0.15) is 0 Å². The first-order chi connectivity index (χ1) is 30.2.